The van der Waals surface area contributed by atoms with Crippen molar-refractivity contribution in [2.45, 2.75) is 57.6 Å². The Morgan fingerprint density at radius 3 is 2.63 bits per heavy atom. The zero-order chi connectivity index (χ0) is 14.5. The standard InChI is InChI=1S/C14H28N2O3/c1-13(2,3)19-12(17)16-9-6-5-7-14(15,11-16)8-10-18-4/h5-11,15H2,1-4H3. The first-order valence-corrected chi connectivity index (χ1v) is 7.01. The topological polar surface area (TPSA) is 64.8 Å². The normalized spacial score (nSPS) is 25.0. The van der Waals surface area contributed by atoms with Crippen molar-refractivity contribution in [2.75, 3.05) is 26.8 Å². The predicted molar refractivity (Wildman–Crippen MR) is 75.1 cm³/mol. The van der Waals surface area contributed by atoms with Crippen molar-refractivity contribution in [2.24, 2.45) is 5.73 Å². The molecule has 1 aliphatic heterocycles. The molecule has 0 saturated carbocycles. The molecule has 1 fully saturated rings. The van der Waals surface area contributed by atoms with Crippen LogP contribution in [0.2, 0.25) is 0 Å². The number of carbonyl (C=O) groups excluding carboxylic acids is 1. The molecular formula is C14H28N2O3. The van der Waals surface area contributed by atoms with E-state index in [1.165, 1.54) is 0 Å². The van der Waals surface area contributed by atoms with Crippen LogP contribution in [0.25, 0.3) is 0 Å². The molecule has 1 saturated heterocycles. The summed E-state index contributed by atoms with van der Waals surface area (Å²) in [7, 11) is 1.67. The molecule has 5 heteroatoms. The third-order valence-corrected chi connectivity index (χ3v) is 3.31. The van der Waals surface area contributed by atoms with E-state index >= 15 is 0 Å². The van der Waals surface area contributed by atoms with Gasteiger partial charge in [-0.1, -0.05) is 0 Å². The van der Waals surface area contributed by atoms with Crippen LogP contribution in [0.15, 0.2) is 0 Å². The average molecular weight is 272 g/mol. The van der Waals surface area contributed by atoms with Gasteiger partial charge in [0.25, 0.3) is 0 Å². The Balaban J connectivity index is 2.65. The molecule has 0 aromatic heterocycles. The van der Waals surface area contributed by atoms with Crippen molar-refractivity contribution < 1.29 is 14.3 Å². The number of ether oxygens (including phenoxy) is 2. The Morgan fingerprint density at radius 2 is 2.05 bits per heavy atom. The van der Waals surface area contributed by atoms with Crippen LogP contribution in [0.4, 0.5) is 4.79 Å². The summed E-state index contributed by atoms with van der Waals surface area (Å²) in [6.07, 6.45) is 3.45. The lowest BCUT2D eigenvalue weighted by atomic mass is 9.91. The predicted octanol–water partition coefficient (Wildman–Crippen LogP) is 2.14. The molecule has 1 atom stereocenters. The number of likely N-dealkylation sites (tertiary alicyclic amines) is 1. The monoisotopic (exact) mass is 272 g/mol. The van der Waals surface area contributed by atoms with Crippen LogP contribution in [0.3, 0.4) is 0 Å². The van der Waals surface area contributed by atoms with Crippen molar-refractivity contribution in [1.82, 2.24) is 4.90 Å². The van der Waals surface area contributed by atoms with Crippen molar-refractivity contribution in [3.63, 3.8) is 0 Å². The fourth-order valence-corrected chi connectivity index (χ4v) is 2.31. The lowest BCUT2D eigenvalue weighted by molar-refractivity contribution is 0.0210. The van der Waals surface area contributed by atoms with Crippen LogP contribution in [0, 0.1) is 0 Å². The van der Waals surface area contributed by atoms with Crippen LogP contribution in [0.5, 0.6) is 0 Å². The van der Waals surface area contributed by atoms with Gasteiger partial charge >= 0.3 is 6.09 Å². The first-order valence-electron chi connectivity index (χ1n) is 7.01. The Hall–Kier alpha value is -0.810. The van der Waals surface area contributed by atoms with E-state index in [0.29, 0.717) is 13.2 Å². The second-order valence-corrected chi connectivity index (χ2v) is 6.46. The number of rotatable bonds is 3. The second kappa shape index (κ2) is 6.57. The molecule has 0 spiro atoms. The number of amides is 1. The number of nitrogens with zero attached hydrogens (tertiary/aromatic N) is 1. The van der Waals surface area contributed by atoms with E-state index in [4.69, 9.17) is 15.2 Å². The van der Waals surface area contributed by atoms with Crippen molar-refractivity contribution in [3.8, 4) is 0 Å². The molecule has 1 heterocycles. The molecule has 0 aliphatic carbocycles. The van der Waals surface area contributed by atoms with Crippen LogP contribution >= 0.6 is 0 Å². The van der Waals surface area contributed by atoms with Gasteiger partial charge in [-0.15, -0.1) is 0 Å². The molecule has 1 amide bonds. The van der Waals surface area contributed by atoms with Gasteiger partial charge in [-0.3, -0.25) is 0 Å². The van der Waals surface area contributed by atoms with Crippen LogP contribution in [-0.2, 0) is 9.47 Å². The van der Waals surface area contributed by atoms with E-state index in [1.54, 1.807) is 12.0 Å². The molecule has 19 heavy (non-hydrogen) atoms. The Labute approximate surface area is 116 Å². The maximum atomic E-state index is 12.1. The summed E-state index contributed by atoms with van der Waals surface area (Å²) in [4.78, 5) is 13.9. The van der Waals surface area contributed by atoms with Gasteiger partial charge < -0.3 is 20.1 Å². The van der Waals surface area contributed by atoms with Gasteiger partial charge in [-0.25, -0.2) is 4.79 Å². The lowest BCUT2D eigenvalue weighted by Crippen LogP contribution is -2.52. The third kappa shape index (κ3) is 5.78. The largest absolute Gasteiger partial charge is 0.444 e. The van der Waals surface area contributed by atoms with E-state index in [2.05, 4.69) is 0 Å². The molecule has 1 aliphatic rings. The van der Waals surface area contributed by atoms with Gasteiger partial charge in [0.05, 0.1) is 0 Å². The Morgan fingerprint density at radius 1 is 1.37 bits per heavy atom. The summed E-state index contributed by atoms with van der Waals surface area (Å²) in [5.41, 5.74) is 5.58. The molecule has 0 aromatic rings. The highest BCUT2D eigenvalue weighted by Gasteiger charge is 2.33. The zero-order valence-corrected chi connectivity index (χ0v) is 12.7. The van der Waals surface area contributed by atoms with Crippen molar-refractivity contribution >= 4 is 6.09 Å². The molecule has 2 N–H and O–H groups in total. The first kappa shape index (κ1) is 16.2. The SMILES string of the molecule is COCCC1(N)CCCCN(C(=O)OC(C)(C)C)C1. The van der Waals surface area contributed by atoms with Gasteiger partial charge in [0.1, 0.15) is 5.60 Å². The molecule has 0 aromatic carbocycles. The lowest BCUT2D eigenvalue weighted by Gasteiger charge is -2.33. The molecule has 112 valence electrons. The van der Waals surface area contributed by atoms with E-state index in [0.717, 1.165) is 32.2 Å². The fourth-order valence-electron chi connectivity index (χ4n) is 2.31. The van der Waals surface area contributed by atoms with E-state index < -0.39 is 5.60 Å². The second-order valence-electron chi connectivity index (χ2n) is 6.46. The Kier molecular flexibility index (Phi) is 5.62. The maximum Gasteiger partial charge on any atom is 0.410 e. The first-order chi connectivity index (χ1) is 8.76. The van der Waals surface area contributed by atoms with Gasteiger partial charge in [-0.2, -0.15) is 0 Å². The minimum Gasteiger partial charge on any atom is -0.444 e. The highest BCUT2D eigenvalue weighted by molar-refractivity contribution is 5.68. The molecule has 5 nitrogen and oxygen atoms in total. The van der Waals surface area contributed by atoms with Gasteiger partial charge in [-0.05, 0) is 46.5 Å². The summed E-state index contributed by atoms with van der Waals surface area (Å²) in [5, 5.41) is 0. The van der Waals surface area contributed by atoms with Gasteiger partial charge in [0, 0.05) is 32.3 Å². The van der Waals surface area contributed by atoms with Crippen LogP contribution in [-0.4, -0.2) is 48.9 Å². The Bertz CT molecular complexity index is 302. The average Bonchev–Trinajstić information content (AvgIpc) is 2.47. The van der Waals surface area contributed by atoms with Crippen molar-refractivity contribution in [1.29, 1.82) is 0 Å². The minimum atomic E-state index is -0.465. The van der Waals surface area contributed by atoms with E-state index in [-0.39, 0.29) is 11.6 Å². The molecule has 0 radical (unpaired) electrons. The number of methoxy groups -OCH3 is 1. The summed E-state index contributed by atoms with van der Waals surface area (Å²) in [5.74, 6) is 0. The van der Waals surface area contributed by atoms with Gasteiger partial charge in [0.2, 0.25) is 0 Å². The quantitative estimate of drug-likeness (QED) is 0.855. The summed E-state index contributed by atoms with van der Waals surface area (Å²) in [6.45, 7) is 7.53. The molecule has 0 bridgehead atoms. The highest BCUT2D eigenvalue weighted by Crippen LogP contribution is 2.23. The molecular weight excluding hydrogens is 244 g/mol. The van der Waals surface area contributed by atoms with Gasteiger partial charge in [0.15, 0.2) is 0 Å². The molecule has 1 unspecified atom stereocenters. The fraction of sp³-hybridized carbons (Fsp3) is 0.929. The number of nitrogens with two attached hydrogens (primary N) is 1. The number of hydrogen-bond donors (Lipinski definition) is 1. The smallest absolute Gasteiger partial charge is 0.410 e. The van der Waals surface area contributed by atoms with E-state index in [1.807, 2.05) is 20.8 Å². The zero-order valence-electron chi connectivity index (χ0n) is 12.7. The molecule has 1 rings (SSSR count). The number of carbonyl (C=O) groups is 1. The van der Waals surface area contributed by atoms with E-state index in [9.17, 15) is 4.79 Å². The minimum absolute atomic E-state index is 0.262. The van der Waals surface area contributed by atoms with Crippen LogP contribution < -0.4 is 5.73 Å². The number of hydrogen-bond acceptors (Lipinski definition) is 4. The third-order valence-electron chi connectivity index (χ3n) is 3.31. The maximum absolute atomic E-state index is 12.1. The summed E-state index contributed by atoms with van der Waals surface area (Å²) in [6, 6.07) is 0. The van der Waals surface area contributed by atoms with Crippen molar-refractivity contribution in [3.05, 3.63) is 0 Å². The van der Waals surface area contributed by atoms with Crippen LogP contribution in [0.1, 0.15) is 46.5 Å². The highest BCUT2D eigenvalue weighted by atomic mass is 16.6. The summed E-state index contributed by atoms with van der Waals surface area (Å²) < 4.78 is 10.5. The summed E-state index contributed by atoms with van der Waals surface area (Å²) >= 11 is 0.